The zero-order valence-corrected chi connectivity index (χ0v) is 23.1. The summed E-state index contributed by atoms with van der Waals surface area (Å²) in [5.41, 5.74) is 1.19. The van der Waals surface area contributed by atoms with E-state index in [9.17, 15) is 26.9 Å². The Labute approximate surface area is 235 Å². The van der Waals surface area contributed by atoms with E-state index in [-0.39, 0.29) is 25.7 Å². The summed E-state index contributed by atoms with van der Waals surface area (Å²) in [4.78, 5) is 14.4. The first-order chi connectivity index (χ1) is 18.4. The maximum absolute atomic E-state index is 12.8. The Kier molecular flexibility index (Phi) is 6.99. The molecule has 0 bridgehead atoms. The van der Waals surface area contributed by atoms with Gasteiger partial charge in [0.1, 0.15) is 14.7 Å². The van der Waals surface area contributed by atoms with Crippen LogP contribution in [0.1, 0.15) is 0 Å². The SMILES string of the molecule is O=[N+]([O-])c1cc(S(=O)(=O)Nc2ccc3oc(-c4ccc(NS(=O)(=O)c5ccc(Cl)s5)cc4)nc3c2)ccc1Cl. The van der Waals surface area contributed by atoms with Crippen LogP contribution in [0.5, 0.6) is 0 Å². The molecule has 0 atom stereocenters. The molecule has 2 heterocycles. The van der Waals surface area contributed by atoms with Crippen molar-refractivity contribution in [3.8, 4) is 11.5 Å². The van der Waals surface area contributed by atoms with Gasteiger partial charge in [-0.05, 0) is 66.7 Å². The molecule has 16 heteroatoms. The van der Waals surface area contributed by atoms with Crippen LogP contribution in [0.4, 0.5) is 17.1 Å². The molecule has 5 rings (SSSR count). The normalized spacial score (nSPS) is 11.9. The van der Waals surface area contributed by atoms with Gasteiger partial charge in [-0.3, -0.25) is 19.6 Å². The van der Waals surface area contributed by atoms with Crippen LogP contribution in [-0.4, -0.2) is 26.7 Å². The van der Waals surface area contributed by atoms with Gasteiger partial charge in [0.05, 0.1) is 19.8 Å². The highest BCUT2D eigenvalue weighted by Gasteiger charge is 2.22. The van der Waals surface area contributed by atoms with Gasteiger partial charge in [0.25, 0.3) is 25.7 Å². The van der Waals surface area contributed by atoms with Crippen LogP contribution in [0.2, 0.25) is 9.36 Å². The first-order valence-electron chi connectivity index (χ1n) is 10.7. The Hall–Kier alpha value is -3.69. The fourth-order valence-electron chi connectivity index (χ4n) is 3.46. The molecule has 0 saturated carbocycles. The maximum Gasteiger partial charge on any atom is 0.289 e. The number of benzene rings is 3. The molecule has 0 saturated heterocycles. The standard InChI is InChI=1S/C23H14Cl2N4O7S3/c24-17-7-6-16(12-19(17)29(30)31)38(32,33)28-15-5-8-20-18(11-15)26-23(36-20)13-1-3-14(4-2-13)27-39(34,35)22-10-9-21(25)37-22/h1-12,27-28H. The summed E-state index contributed by atoms with van der Waals surface area (Å²) in [6.07, 6.45) is 0. The number of halogens is 2. The Morgan fingerprint density at radius 2 is 1.54 bits per heavy atom. The number of hydrogen-bond donors (Lipinski definition) is 2. The van der Waals surface area contributed by atoms with Crippen molar-refractivity contribution >= 4 is 82.7 Å². The molecule has 0 spiro atoms. The molecule has 0 radical (unpaired) electrons. The number of fused-ring (bicyclic) bond motifs is 1. The summed E-state index contributed by atoms with van der Waals surface area (Å²) >= 11 is 12.5. The molecule has 0 fully saturated rings. The topological polar surface area (TPSA) is 162 Å². The van der Waals surface area contributed by atoms with Crippen LogP contribution >= 0.6 is 34.5 Å². The van der Waals surface area contributed by atoms with Crippen molar-refractivity contribution in [1.82, 2.24) is 4.98 Å². The lowest BCUT2D eigenvalue weighted by Gasteiger charge is -2.08. The second-order valence-corrected chi connectivity index (χ2v) is 13.6. The van der Waals surface area contributed by atoms with Gasteiger partial charge in [-0.25, -0.2) is 21.8 Å². The first-order valence-corrected chi connectivity index (χ1v) is 15.2. The highest BCUT2D eigenvalue weighted by Crippen LogP contribution is 2.31. The van der Waals surface area contributed by atoms with Gasteiger partial charge in [-0.2, -0.15) is 0 Å². The van der Waals surface area contributed by atoms with Crippen LogP contribution in [-0.2, 0) is 20.0 Å². The van der Waals surface area contributed by atoms with E-state index in [0.717, 1.165) is 29.5 Å². The van der Waals surface area contributed by atoms with Crippen LogP contribution in [0.15, 0.2) is 86.3 Å². The van der Waals surface area contributed by atoms with Crippen molar-refractivity contribution in [2.24, 2.45) is 0 Å². The number of rotatable bonds is 8. The third-order valence-electron chi connectivity index (χ3n) is 5.26. The molecule has 0 amide bonds. The maximum atomic E-state index is 12.8. The quantitative estimate of drug-likeness (QED) is 0.148. The number of nitro benzene ring substituents is 1. The molecular weight excluding hydrogens is 611 g/mol. The van der Waals surface area contributed by atoms with E-state index < -0.39 is 30.7 Å². The highest BCUT2D eigenvalue weighted by atomic mass is 35.5. The molecular formula is C23H14Cl2N4O7S3. The second kappa shape index (κ2) is 10.1. The fraction of sp³-hybridized carbons (Fsp3) is 0. The molecule has 0 aliphatic rings. The molecule has 0 unspecified atom stereocenters. The lowest BCUT2D eigenvalue weighted by atomic mass is 10.2. The van der Waals surface area contributed by atoms with E-state index in [1.807, 2.05) is 0 Å². The van der Waals surface area contributed by atoms with Gasteiger partial charge >= 0.3 is 0 Å². The van der Waals surface area contributed by atoms with Crippen LogP contribution in [0.3, 0.4) is 0 Å². The minimum atomic E-state index is -4.17. The number of oxazole rings is 1. The van der Waals surface area contributed by atoms with Crippen molar-refractivity contribution in [3.05, 3.63) is 92.3 Å². The van der Waals surface area contributed by atoms with Crippen molar-refractivity contribution in [3.63, 3.8) is 0 Å². The molecule has 2 aromatic heterocycles. The van der Waals surface area contributed by atoms with Gasteiger partial charge in [0.2, 0.25) is 5.89 Å². The van der Waals surface area contributed by atoms with Crippen molar-refractivity contribution in [1.29, 1.82) is 0 Å². The Balaban J connectivity index is 1.36. The van der Waals surface area contributed by atoms with Gasteiger partial charge in [0.15, 0.2) is 5.58 Å². The summed E-state index contributed by atoms with van der Waals surface area (Å²) in [7, 11) is -7.96. The number of sulfonamides is 2. The van der Waals surface area contributed by atoms with Crippen molar-refractivity contribution in [2.45, 2.75) is 9.10 Å². The van der Waals surface area contributed by atoms with E-state index in [0.29, 0.717) is 26.7 Å². The van der Waals surface area contributed by atoms with E-state index in [4.69, 9.17) is 27.6 Å². The number of anilines is 2. The minimum absolute atomic E-state index is 0.0799. The molecule has 0 aliphatic heterocycles. The van der Waals surface area contributed by atoms with Gasteiger partial charge in [-0.1, -0.05) is 23.2 Å². The van der Waals surface area contributed by atoms with E-state index in [1.54, 1.807) is 24.3 Å². The zero-order chi connectivity index (χ0) is 27.9. The van der Waals surface area contributed by atoms with E-state index >= 15 is 0 Å². The van der Waals surface area contributed by atoms with Crippen LogP contribution in [0, 0.1) is 10.1 Å². The molecule has 2 N–H and O–H groups in total. The summed E-state index contributed by atoms with van der Waals surface area (Å²) < 4.78 is 61.6. The number of aromatic nitrogens is 1. The predicted molar refractivity (Wildman–Crippen MR) is 148 cm³/mol. The molecule has 200 valence electrons. The highest BCUT2D eigenvalue weighted by molar-refractivity contribution is 7.94. The summed E-state index contributed by atoms with van der Waals surface area (Å²) in [6.45, 7) is 0. The summed E-state index contributed by atoms with van der Waals surface area (Å²) in [5.74, 6) is 0.220. The third-order valence-corrected chi connectivity index (χ3v) is 10.1. The second-order valence-electron chi connectivity index (χ2n) is 7.92. The number of thiophene rings is 1. The average Bonchev–Trinajstić information content (AvgIpc) is 3.50. The van der Waals surface area contributed by atoms with E-state index in [1.165, 1.54) is 30.3 Å². The fourth-order valence-corrected chi connectivity index (χ4v) is 7.25. The summed E-state index contributed by atoms with van der Waals surface area (Å²) in [6, 6.07) is 16.8. The molecule has 3 aromatic carbocycles. The van der Waals surface area contributed by atoms with Gasteiger partial charge in [0, 0.05) is 17.3 Å². The van der Waals surface area contributed by atoms with Crippen molar-refractivity contribution < 1.29 is 26.2 Å². The molecule has 5 aromatic rings. The lowest BCUT2D eigenvalue weighted by Crippen LogP contribution is -2.13. The number of hydrogen-bond acceptors (Lipinski definition) is 9. The van der Waals surface area contributed by atoms with Gasteiger partial charge < -0.3 is 4.42 Å². The zero-order valence-electron chi connectivity index (χ0n) is 19.2. The Bertz CT molecular complexity index is 1960. The third kappa shape index (κ3) is 5.69. The number of nitrogens with zero attached hydrogens (tertiary/aromatic N) is 2. The molecule has 0 aliphatic carbocycles. The van der Waals surface area contributed by atoms with Crippen molar-refractivity contribution in [2.75, 3.05) is 9.44 Å². The number of nitro groups is 1. The van der Waals surface area contributed by atoms with Crippen LogP contribution < -0.4 is 9.44 Å². The monoisotopic (exact) mass is 624 g/mol. The lowest BCUT2D eigenvalue weighted by molar-refractivity contribution is -0.384. The molecule has 39 heavy (non-hydrogen) atoms. The van der Waals surface area contributed by atoms with E-state index in [2.05, 4.69) is 14.4 Å². The molecule has 11 nitrogen and oxygen atoms in total. The minimum Gasteiger partial charge on any atom is -0.436 e. The predicted octanol–water partition coefficient (Wildman–Crippen LogP) is 6.37. The smallest absolute Gasteiger partial charge is 0.289 e. The average molecular weight is 625 g/mol. The number of nitrogens with one attached hydrogen (secondary N) is 2. The van der Waals surface area contributed by atoms with Gasteiger partial charge in [-0.15, -0.1) is 11.3 Å². The summed E-state index contributed by atoms with van der Waals surface area (Å²) in [5, 5.41) is 10.9. The first kappa shape index (κ1) is 26.9. The Morgan fingerprint density at radius 3 is 2.21 bits per heavy atom. The van der Waals surface area contributed by atoms with Crippen LogP contribution in [0.25, 0.3) is 22.6 Å². The largest absolute Gasteiger partial charge is 0.436 e. The Morgan fingerprint density at radius 1 is 0.846 bits per heavy atom.